The molecule has 4 aromatic rings. The van der Waals surface area contributed by atoms with Crippen molar-refractivity contribution in [2.24, 2.45) is 0 Å². The molecular weight excluding hydrogens is 360 g/mol. The molecule has 0 aliphatic carbocycles. The highest BCUT2D eigenvalue weighted by Gasteiger charge is 2.38. The molecule has 0 aromatic heterocycles. The van der Waals surface area contributed by atoms with E-state index >= 15 is 0 Å². The second-order valence-corrected chi connectivity index (χ2v) is 6.71. The predicted octanol–water partition coefficient (Wildman–Crippen LogP) is 5.76. The van der Waals surface area contributed by atoms with Crippen LogP contribution in [0.3, 0.4) is 0 Å². The van der Waals surface area contributed by atoms with Gasteiger partial charge in [-0.15, -0.1) is 0 Å². The van der Waals surface area contributed by atoms with Crippen LogP contribution in [0.5, 0.6) is 5.75 Å². The van der Waals surface area contributed by atoms with Gasteiger partial charge in [-0.1, -0.05) is 91.0 Å². The normalized spacial score (nSPS) is 11.0. The molecular formula is C26H20O3. The van der Waals surface area contributed by atoms with Crippen LogP contribution in [0.25, 0.3) is 0 Å². The number of hydrogen-bond acceptors (Lipinski definition) is 2. The third-order valence-corrected chi connectivity index (χ3v) is 4.91. The Morgan fingerprint density at radius 2 is 0.966 bits per heavy atom. The SMILES string of the molecule is O=C(O)c1ccc(OC(c2ccccc2)(c2ccccc2)c2ccccc2)cc1. The largest absolute Gasteiger partial charge is 0.478 e. The molecule has 142 valence electrons. The molecule has 0 heterocycles. The van der Waals surface area contributed by atoms with Crippen LogP contribution < -0.4 is 4.74 Å². The van der Waals surface area contributed by atoms with E-state index in [2.05, 4.69) is 0 Å². The number of rotatable bonds is 6. The topological polar surface area (TPSA) is 46.5 Å². The number of carboxylic acid groups (broad SMARTS) is 1. The molecule has 0 spiro atoms. The molecule has 0 bridgehead atoms. The van der Waals surface area contributed by atoms with Crippen LogP contribution in [0.4, 0.5) is 0 Å². The molecule has 29 heavy (non-hydrogen) atoms. The molecule has 3 heteroatoms. The number of hydrogen-bond donors (Lipinski definition) is 1. The summed E-state index contributed by atoms with van der Waals surface area (Å²) in [5.41, 5.74) is 2.30. The zero-order chi connectivity index (χ0) is 20.1. The van der Waals surface area contributed by atoms with Gasteiger partial charge in [0.25, 0.3) is 0 Å². The van der Waals surface area contributed by atoms with E-state index in [0.717, 1.165) is 16.7 Å². The van der Waals surface area contributed by atoms with E-state index in [9.17, 15) is 9.90 Å². The van der Waals surface area contributed by atoms with Gasteiger partial charge in [-0.3, -0.25) is 0 Å². The average Bonchev–Trinajstić information content (AvgIpc) is 2.79. The fraction of sp³-hybridized carbons (Fsp3) is 0.0385. The summed E-state index contributed by atoms with van der Waals surface area (Å²) in [4.78, 5) is 11.2. The Kier molecular flexibility index (Phi) is 5.12. The van der Waals surface area contributed by atoms with Gasteiger partial charge in [0.2, 0.25) is 0 Å². The highest BCUT2D eigenvalue weighted by molar-refractivity contribution is 5.87. The number of ether oxygens (including phenoxy) is 1. The molecule has 0 amide bonds. The highest BCUT2D eigenvalue weighted by atomic mass is 16.5. The molecule has 0 atom stereocenters. The smallest absolute Gasteiger partial charge is 0.335 e. The minimum absolute atomic E-state index is 0.224. The van der Waals surface area contributed by atoms with Crippen LogP contribution in [-0.4, -0.2) is 11.1 Å². The fourth-order valence-electron chi connectivity index (χ4n) is 3.54. The summed E-state index contributed by atoms with van der Waals surface area (Å²) >= 11 is 0. The van der Waals surface area contributed by atoms with Crippen LogP contribution in [0.1, 0.15) is 27.0 Å². The van der Waals surface area contributed by atoms with Crippen molar-refractivity contribution in [2.45, 2.75) is 5.60 Å². The van der Waals surface area contributed by atoms with Gasteiger partial charge in [-0.25, -0.2) is 4.79 Å². The van der Waals surface area contributed by atoms with E-state index in [1.807, 2.05) is 91.0 Å². The number of carboxylic acids is 1. The lowest BCUT2D eigenvalue weighted by Crippen LogP contribution is -2.36. The summed E-state index contributed by atoms with van der Waals surface area (Å²) in [5.74, 6) is -0.372. The second-order valence-electron chi connectivity index (χ2n) is 6.71. The first kappa shape index (κ1) is 18.5. The predicted molar refractivity (Wildman–Crippen MR) is 113 cm³/mol. The lowest BCUT2D eigenvalue weighted by molar-refractivity contribution is 0.0696. The monoisotopic (exact) mass is 380 g/mol. The number of benzene rings is 4. The van der Waals surface area contributed by atoms with Gasteiger partial charge >= 0.3 is 5.97 Å². The Balaban J connectivity index is 1.93. The van der Waals surface area contributed by atoms with Crippen molar-refractivity contribution in [1.29, 1.82) is 0 Å². The first-order chi connectivity index (χ1) is 14.2. The van der Waals surface area contributed by atoms with Crippen molar-refractivity contribution in [3.8, 4) is 5.75 Å². The summed E-state index contributed by atoms with van der Waals surface area (Å²) < 4.78 is 6.70. The molecule has 0 saturated heterocycles. The molecule has 0 radical (unpaired) electrons. The lowest BCUT2D eigenvalue weighted by atomic mass is 9.80. The maximum Gasteiger partial charge on any atom is 0.335 e. The number of aromatic carboxylic acids is 1. The van der Waals surface area contributed by atoms with Gasteiger partial charge in [0, 0.05) is 16.7 Å². The molecule has 0 unspecified atom stereocenters. The molecule has 4 aromatic carbocycles. The maximum absolute atomic E-state index is 11.2. The van der Waals surface area contributed by atoms with Crippen molar-refractivity contribution in [3.63, 3.8) is 0 Å². The zero-order valence-electron chi connectivity index (χ0n) is 15.7. The van der Waals surface area contributed by atoms with Crippen LogP contribution in [0.15, 0.2) is 115 Å². The van der Waals surface area contributed by atoms with Gasteiger partial charge in [-0.2, -0.15) is 0 Å². The Labute approximate surface area is 169 Å². The molecule has 4 rings (SSSR count). The zero-order valence-corrected chi connectivity index (χ0v) is 15.7. The molecule has 0 aliphatic rings. The molecule has 1 N–H and O–H groups in total. The minimum Gasteiger partial charge on any atom is -0.478 e. The van der Waals surface area contributed by atoms with Crippen molar-refractivity contribution in [3.05, 3.63) is 138 Å². The van der Waals surface area contributed by atoms with Gasteiger partial charge in [-0.05, 0) is 24.3 Å². The Morgan fingerprint density at radius 3 is 1.31 bits per heavy atom. The highest BCUT2D eigenvalue weighted by Crippen LogP contribution is 2.41. The van der Waals surface area contributed by atoms with Crippen LogP contribution in [0.2, 0.25) is 0 Å². The molecule has 0 fully saturated rings. The van der Waals surface area contributed by atoms with Crippen LogP contribution >= 0.6 is 0 Å². The van der Waals surface area contributed by atoms with Gasteiger partial charge in [0.05, 0.1) is 5.56 Å². The summed E-state index contributed by atoms with van der Waals surface area (Å²) in [6, 6.07) is 36.7. The van der Waals surface area contributed by atoms with Gasteiger partial charge in [0.1, 0.15) is 5.75 Å². The average molecular weight is 380 g/mol. The Bertz CT molecular complexity index is 976. The minimum atomic E-state index is -0.961. The van der Waals surface area contributed by atoms with E-state index < -0.39 is 11.6 Å². The molecule has 0 aliphatic heterocycles. The van der Waals surface area contributed by atoms with Crippen molar-refractivity contribution >= 4 is 5.97 Å². The van der Waals surface area contributed by atoms with Crippen molar-refractivity contribution in [1.82, 2.24) is 0 Å². The summed E-state index contributed by atoms with van der Waals surface area (Å²) in [6.45, 7) is 0. The van der Waals surface area contributed by atoms with E-state index in [4.69, 9.17) is 4.74 Å². The van der Waals surface area contributed by atoms with Crippen LogP contribution in [-0.2, 0) is 5.60 Å². The fourth-order valence-corrected chi connectivity index (χ4v) is 3.54. The standard InChI is InChI=1S/C26H20O3/c27-25(28)20-16-18-24(19-17-20)29-26(21-10-4-1-5-11-21,22-12-6-2-7-13-22)23-14-8-3-9-15-23/h1-19H,(H,27,28). The third kappa shape index (κ3) is 3.63. The van der Waals surface area contributed by atoms with Gasteiger partial charge < -0.3 is 9.84 Å². The molecule has 0 saturated carbocycles. The van der Waals surface area contributed by atoms with Crippen molar-refractivity contribution in [2.75, 3.05) is 0 Å². The quantitative estimate of drug-likeness (QED) is 0.433. The van der Waals surface area contributed by atoms with E-state index in [1.54, 1.807) is 24.3 Å². The molecule has 3 nitrogen and oxygen atoms in total. The van der Waals surface area contributed by atoms with E-state index in [1.165, 1.54) is 0 Å². The summed E-state index contributed by atoms with van der Waals surface area (Å²) in [5, 5.41) is 9.20. The van der Waals surface area contributed by atoms with Crippen molar-refractivity contribution < 1.29 is 14.6 Å². The first-order valence-corrected chi connectivity index (χ1v) is 9.39. The van der Waals surface area contributed by atoms with Gasteiger partial charge in [0.15, 0.2) is 5.60 Å². The Morgan fingerprint density at radius 1 is 0.586 bits per heavy atom. The van der Waals surface area contributed by atoms with E-state index in [0.29, 0.717) is 5.75 Å². The lowest BCUT2D eigenvalue weighted by Gasteiger charge is -2.36. The second kappa shape index (κ2) is 8.03. The maximum atomic E-state index is 11.2. The summed E-state index contributed by atoms with van der Waals surface area (Å²) in [7, 11) is 0. The first-order valence-electron chi connectivity index (χ1n) is 9.39. The van der Waals surface area contributed by atoms with Crippen LogP contribution in [0, 0.1) is 0 Å². The third-order valence-electron chi connectivity index (χ3n) is 4.91. The Hall–Kier alpha value is -3.85. The van der Waals surface area contributed by atoms with E-state index in [-0.39, 0.29) is 5.56 Å². The summed E-state index contributed by atoms with van der Waals surface area (Å²) in [6.07, 6.45) is 0. The number of carbonyl (C=O) groups is 1.